The van der Waals surface area contributed by atoms with Crippen LogP contribution in [-0.4, -0.2) is 14.5 Å². The van der Waals surface area contributed by atoms with E-state index in [0.717, 1.165) is 65.9 Å². The van der Waals surface area contributed by atoms with Crippen LogP contribution in [-0.2, 0) is 0 Å². The normalized spacial score (nSPS) is 11.9. The summed E-state index contributed by atoms with van der Waals surface area (Å²) in [5.41, 5.74) is 6.70. The van der Waals surface area contributed by atoms with Crippen molar-refractivity contribution in [3.05, 3.63) is 115 Å². The Balaban J connectivity index is 1.57. The van der Waals surface area contributed by atoms with E-state index in [-0.39, 0.29) is 0 Å². The molecule has 0 unspecified atom stereocenters. The Morgan fingerprint density at radius 3 is 2.06 bits per heavy atom. The van der Waals surface area contributed by atoms with Crippen molar-refractivity contribution in [1.29, 1.82) is 0 Å². The van der Waals surface area contributed by atoms with E-state index in [4.69, 9.17) is 14.4 Å². The summed E-state index contributed by atoms with van der Waals surface area (Å²) >= 11 is 0. The molecular formula is C32H19N3O. The predicted molar refractivity (Wildman–Crippen MR) is 147 cm³/mol. The maximum atomic E-state index is 6.48. The number of para-hydroxylation sites is 2. The molecule has 168 valence electrons. The molecule has 36 heavy (non-hydrogen) atoms. The van der Waals surface area contributed by atoms with E-state index in [2.05, 4.69) is 65.2 Å². The molecule has 3 aromatic heterocycles. The highest BCUT2D eigenvalue weighted by molar-refractivity contribution is 6.26. The van der Waals surface area contributed by atoms with Crippen molar-refractivity contribution in [2.75, 3.05) is 0 Å². The molecule has 0 saturated carbocycles. The molecule has 0 aliphatic carbocycles. The zero-order valence-electron chi connectivity index (χ0n) is 19.2. The van der Waals surface area contributed by atoms with E-state index >= 15 is 0 Å². The predicted octanol–water partition coefficient (Wildman–Crippen LogP) is 8.29. The number of fused-ring (bicyclic) bond motifs is 3. The zero-order valence-corrected chi connectivity index (χ0v) is 19.2. The maximum Gasteiger partial charge on any atom is 0.235 e. The first kappa shape index (κ1) is 19.4. The Kier molecular flexibility index (Phi) is 3.91. The van der Waals surface area contributed by atoms with Crippen molar-refractivity contribution in [2.24, 2.45) is 0 Å². The quantitative estimate of drug-likeness (QED) is 0.260. The van der Waals surface area contributed by atoms with Gasteiger partial charge in [0.2, 0.25) is 5.95 Å². The molecule has 0 spiro atoms. The van der Waals surface area contributed by atoms with E-state index in [0.29, 0.717) is 5.95 Å². The molecule has 0 N–H and O–H groups in total. The highest BCUT2D eigenvalue weighted by Gasteiger charge is 2.21. The molecule has 0 aliphatic rings. The minimum absolute atomic E-state index is 0.649. The molecule has 0 fully saturated rings. The van der Waals surface area contributed by atoms with E-state index in [1.165, 1.54) is 0 Å². The summed E-state index contributed by atoms with van der Waals surface area (Å²) in [6.45, 7) is 0. The maximum absolute atomic E-state index is 6.48. The molecule has 5 aromatic carbocycles. The second-order valence-corrected chi connectivity index (χ2v) is 9.04. The van der Waals surface area contributed by atoms with Crippen molar-refractivity contribution in [2.45, 2.75) is 0 Å². The van der Waals surface area contributed by atoms with Crippen LogP contribution in [0.15, 0.2) is 120 Å². The van der Waals surface area contributed by atoms with Gasteiger partial charge in [-0.2, -0.15) is 0 Å². The SMILES string of the molecule is c1ccc(-c2nc(-n3c4cccc5oc6ccccc6c6cccc3c6c54)nc3ccccc23)cc1. The van der Waals surface area contributed by atoms with Gasteiger partial charge in [-0.3, -0.25) is 4.57 Å². The minimum Gasteiger partial charge on any atom is -0.456 e. The van der Waals surface area contributed by atoms with Crippen molar-refractivity contribution >= 4 is 54.6 Å². The van der Waals surface area contributed by atoms with Crippen LogP contribution < -0.4 is 0 Å². The first-order valence-electron chi connectivity index (χ1n) is 12.0. The third-order valence-corrected chi connectivity index (χ3v) is 7.01. The molecule has 0 aliphatic heterocycles. The average molecular weight is 462 g/mol. The van der Waals surface area contributed by atoms with Gasteiger partial charge >= 0.3 is 0 Å². The fraction of sp³-hybridized carbons (Fsp3) is 0. The molecule has 8 aromatic rings. The van der Waals surface area contributed by atoms with Gasteiger partial charge in [-0.1, -0.05) is 84.9 Å². The molecular weight excluding hydrogens is 442 g/mol. The number of hydrogen-bond acceptors (Lipinski definition) is 3. The van der Waals surface area contributed by atoms with E-state index in [1.807, 2.05) is 54.6 Å². The van der Waals surface area contributed by atoms with Crippen LogP contribution >= 0.6 is 0 Å². The van der Waals surface area contributed by atoms with Crippen molar-refractivity contribution in [1.82, 2.24) is 14.5 Å². The molecule has 0 amide bonds. The number of nitrogens with zero attached hydrogens (tertiary/aromatic N) is 3. The lowest BCUT2D eigenvalue weighted by molar-refractivity contribution is 0.664. The van der Waals surface area contributed by atoms with Gasteiger partial charge in [0.05, 0.1) is 27.6 Å². The molecule has 0 saturated heterocycles. The highest BCUT2D eigenvalue weighted by Crippen LogP contribution is 2.40. The fourth-order valence-electron chi connectivity index (χ4n) is 5.48. The van der Waals surface area contributed by atoms with Crippen LogP contribution in [0.4, 0.5) is 0 Å². The van der Waals surface area contributed by atoms with Crippen molar-refractivity contribution < 1.29 is 4.42 Å². The zero-order chi connectivity index (χ0) is 23.6. The Morgan fingerprint density at radius 2 is 1.17 bits per heavy atom. The van der Waals surface area contributed by atoms with Gasteiger partial charge in [-0.25, -0.2) is 9.97 Å². The van der Waals surface area contributed by atoms with Crippen LogP contribution in [0.3, 0.4) is 0 Å². The third-order valence-electron chi connectivity index (χ3n) is 7.01. The number of benzene rings is 5. The minimum atomic E-state index is 0.649. The standard InChI is InChI=1S/C32H19N3O/c1-2-10-20(11-3-1)31-23-13-4-6-15-24(23)33-32(34-31)35-25-16-8-14-22-21-12-5-7-18-27(21)36-28-19-9-17-26(35)30(28)29(22)25/h1-19H. The lowest BCUT2D eigenvalue weighted by Crippen LogP contribution is -2.03. The molecule has 3 heterocycles. The summed E-state index contributed by atoms with van der Waals surface area (Å²) in [6, 6.07) is 39.4. The highest BCUT2D eigenvalue weighted by atomic mass is 16.3. The monoisotopic (exact) mass is 461 g/mol. The van der Waals surface area contributed by atoms with Gasteiger partial charge in [0.15, 0.2) is 0 Å². The lowest BCUT2D eigenvalue weighted by atomic mass is 10.1. The van der Waals surface area contributed by atoms with E-state index in [9.17, 15) is 0 Å². The van der Waals surface area contributed by atoms with Gasteiger partial charge in [0.25, 0.3) is 0 Å². The second kappa shape index (κ2) is 7.27. The fourth-order valence-corrected chi connectivity index (χ4v) is 5.48. The van der Waals surface area contributed by atoms with Crippen LogP contribution in [0.1, 0.15) is 0 Å². The van der Waals surface area contributed by atoms with Crippen molar-refractivity contribution in [3.63, 3.8) is 0 Å². The topological polar surface area (TPSA) is 43.9 Å². The smallest absolute Gasteiger partial charge is 0.235 e. The summed E-state index contributed by atoms with van der Waals surface area (Å²) < 4.78 is 8.65. The summed E-state index contributed by atoms with van der Waals surface area (Å²) in [4.78, 5) is 10.2. The van der Waals surface area contributed by atoms with Crippen LogP contribution in [0.2, 0.25) is 0 Å². The molecule has 4 nitrogen and oxygen atoms in total. The van der Waals surface area contributed by atoms with Crippen LogP contribution in [0.5, 0.6) is 0 Å². The first-order chi connectivity index (χ1) is 17.9. The largest absolute Gasteiger partial charge is 0.456 e. The average Bonchev–Trinajstić information content (AvgIpc) is 3.20. The summed E-state index contributed by atoms with van der Waals surface area (Å²) in [7, 11) is 0. The molecule has 0 bridgehead atoms. The van der Waals surface area contributed by atoms with E-state index < -0.39 is 0 Å². The molecule has 0 radical (unpaired) electrons. The van der Waals surface area contributed by atoms with Crippen molar-refractivity contribution in [3.8, 4) is 17.2 Å². The summed E-state index contributed by atoms with van der Waals surface area (Å²) in [5, 5.41) is 5.51. The van der Waals surface area contributed by atoms with Crippen LogP contribution in [0.25, 0.3) is 71.9 Å². The second-order valence-electron chi connectivity index (χ2n) is 9.04. The first-order valence-corrected chi connectivity index (χ1v) is 12.0. The van der Waals surface area contributed by atoms with Gasteiger partial charge < -0.3 is 4.42 Å². The van der Waals surface area contributed by atoms with Gasteiger partial charge in [-0.05, 0) is 35.7 Å². The Labute approximate surface area is 206 Å². The van der Waals surface area contributed by atoms with E-state index in [1.54, 1.807) is 0 Å². The Bertz CT molecular complexity index is 2100. The molecule has 0 atom stereocenters. The summed E-state index contributed by atoms with van der Waals surface area (Å²) in [5.74, 6) is 0.649. The lowest BCUT2D eigenvalue weighted by Gasteiger charge is -2.11. The van der Waals surface area contributed by atoms with Gasteiger partial charge in [-0.15, -0.1) is 0 Å². The van der Waals surface area contributed by atoms with Crippen LogP contribution in [0, 0.1) is 0 Å². The third kappa shape index (κ3) is 2.64. The van der Waals surface area contributed by atoms with Gasteiger partial charge in [0.1, 0.15) is 11.2 Å². The Morgan fingerprint density at radius 1 is 0.500 bits per heavy atom. The number of aromatic nitrogens is 3. The molecule has 8 rings (SSSR count). The molecule has 4 heteroatoms. The summed E-state index contributed by atoms with van der Waals surface area (Å²) in [6.07, 6.45) is 0. The number of hydrogen-bond donors (Lipinski definition) is 0. The Hall–Kier alpha value is -4.96. The number of rotatable bonds is 2. The van der Waals surface area contributed by atoms with Gasteiger partial charge in [0, 0.05) is 21.7 Å².